The Labute approximate surface area is 775 Å². The highest BCUT2D eigenvalue weighted by Crippen LogP contribution is 2.52. The summed E-state index contributed by atoms with van der Waals surface area (Å²) in [6.07, 6.45) is 21.3. The molecule has 0 aromatic heterocycles. The predicted octanol–water partition coefficient (Wildman–Crippen LogP) is 27.7. The van der Waals surface area contributed by atoms with Gasteiger partial charge in [0.1, 0.15) is 30.7 Å². The molecule has 9 heterocycles. The van der Waals surface area contributed by atoms with Crippen LogP contribution in [0, 0.1) is 134 Å². The second kappa shape index (κ2) is 60.1. The molecular formula is C105H195ClF3NO16. The standard InChI is InChI=1S/4C11H18O2.C9H16O2.2C9H18O.2C8H16O2.C4H8F2.C4H7N.C4H10.C3H7Cl.C3H7F/c2*1-8-3-5-11(7-8)6-4-9(2)13-10(11)12;2*1-8-3-5-11(6-4-8)7-9(2)13-10(11)12;1-5-6(2)8(4)11-9(10)7(5)3;2*1-6-5-10-9(4)8(3)7(6)2;2*1-5-6(2)9-8(4)10-7(5)3;1-3(5)4(2)6;1-4(2)3-5;1-4(2)3;2*1-3(2)4/h4*8-9H,3-7H2,1-2H3;5-8H,1-4H3;2*6-9H,5H2,1-4H3;2*5-8H,1-4H3;3-4H,1-2H3;4H,1-2H3;4H,1-3H3;2*3H,1-2H3. The van der Waals surface area contributed by atoms with Gasteiger partial charge in [-0.25, -0.2) is 13.2 Å². The fraction of sp³-hybridized carbons (Fsp3) is 0.943. The van der Waals surface area contributed by atoms with Gasteiger partial charge < -0.3 is 52.1 Å². The number of ether oxygens (including phenoxy) is 11. The van der Waals surface area contributed by atoms with E-state index in [4.69, 9.17) is 69.0 Å². The van der Waals surface area contributed by atoms with Gasteiger partial charge in [0.05, 0.1) is 88.7 Å². The third-order valence-corrected chi connectivity index (χ3v) is 29.2. The van der Waals surface area contributed by atoms with Crippen molar-refractivity contribution >= 4 is 41.4 Å². The van der Waals surface area contributed by atoms with Crippen molar-refractivity contribution in [2.75, 3.05) is 13.2 Å². The van der Waals surface area contributed by atoms with Crippen LogP contribution in [0.2, 0.25) is 0 Å². The quantitative estimate of drug-likeness (QED) is 0.136. The van der Waals surface area contributed by atoms with Crippen molar-refractivity contribution in [2.24, 2.45) is 122 Å². The molecule has 13 rings (SSSR count). The normalized spacial score (nSPS) is 40.3. The molecule has 0 radical (unpaired) electrons. The number of cyclic esters (lactones) is 5. The van der Waals surface area contributed by atoms with Crippen LogP contribution in [0.4, 0.5) is 13.2 Å². The molecule has 26 atom stereocenters. The van der Waals surface area contributed by atoms with Crippen molar-refractivity contribution in [3.8, 4) is 6.07 Å². The summed E-state index contributed by atoms with van der Waals surface area (Å²) in [5.41, 5.74) is -0.310. The Kier molecular flexibility index (Phi) is 58.5. The van der Waals surface area contributed by atoms with Gasteiger partial charge in [-0.05, 0) is 338 Å². The van der Waals surface area contributed by atoms with Gasteiger partial charge in [-0.2, -0.15) is 5.26 Å². The van der Waals surface area contributed by atoms with E-state index in [-0.39, 0.29) is 106 Å². The smallest absolute Gasteiger partial charge is 0.312 e. The molecule has 9 saturated heterocycles. The Balaban J connectivity index is 0.00000136. The lowest BCUT2D eigenvalue weighted by Gasteiger charge is -2.36. The molecule has 744 valence electrons. The zero-order valence-corrected chi connectivity index (χ0v) is 88.4. The van der Waals surface area contributed by atoms with Crippen LogP contribution in [0.1, 0.15) is 398 Å². The lowest BCUT2D eigenvalue weighted by Crippen LogP contribution is -2.40. The van der Waals surface area contributed by atoms with Gasteiger partial charge in [0.2, 0.25) is 0 Å². The molecular weight excluding hydrogens is 1620 g/mol. The van der Waals surface area contributed by atoms with Gasteiger partial charge in [0.15, 0.2) is 12.6 Å². The van der Waals surface area contributed by atoms with Crippen molar-refractivity contribution in [3.05, 3.63) is 0 Å². The zero-order chi connectivity index (χ0) is 97.6. The lowest BCUT2D eigenvalue weighted by atomic mass is 9.69. The lowest BCUT2D eigenvalue weighted by molar-refractivity contribution is -0.248. The van der Waals surface area contributed by atoms with E-state index in [1.54, 1.807) is 0 Å². The molecule has 0 aromatic carbocycles. The number of hydrogen-bond acceptors (Lipinski definition) is 17. The van der Waals surface area contributed by atoms with Crippen molar-refractivity contribution < 1.29 is 89.2 Å². The van der Waals surface area contributed by atoms with Crippen molar-refractivity contribution in [1.29, 1.82) is 5.26 Å². The summed E-state index contributed by atoms with van der Waals surface area (Å²) in [6.45, 7) is 81.2. The highest BCUT2D eigenvalue weighted by molar-refractivity contribution is 6.20. The number of alkyl halides is 4. The molecule has 126 heavy (non-hydrogen) atoms. The Morgan fingerprint density at radius 1 is 0.325 bits per heavy atom. The van der Waals surface area contributed by atoms with Crippen molar-refractivity contribution in [2.45, 2.75) is 502 Å². The van der Waals surface area contributed by atoms with Crippen LogP contribution in [0.3, 0.4) is 0 Å². The molecule has 4 aliphatic carbocycles. The van der Waals surface area contributed by atoms with Crippen LogP contribution in [0.25, 0.3) is 0 Å². The van der Waals surface area contributed by atoms with Gasteiger partial charge in [0, 0.05) is 49.2 Å². The highest BCUT2D eigenvalue weighted by atomic mass is 35.5. The maximum absolute atomic E-state index is 11.8. The molecule has 0 aromatic rings. The molecule has 0 N–H and O–H groups in total. The number of carbonyl (C=O) groups excluding carboxylic acids is 5. The largest absolute Gasteiger partial charge is 0.462 e. The van der Waals surface area contributed by atoms with E-state index >= 15 is 0 Å². The summed E-state index contributed by atoms with van der Waals surface area (Å²) in [4.78, 5) is 57.9. The Bertz CT molecular complexity index is 2770. The average molecular weight is 1820 g/mol. The summed E-state index contributed by atoms with van der Waals surface area (Å²) >= 11 is 5.27. The fourth-order valence-electron chi connectivity index (χ4n) is 18.1. The summed E-state index contributed by atoms with van der Waals surface area (Å²) in [5, 5.41) is 8.20. The van der Waals surface area contributed by atoms with E-state index in [0.29, 0.717) is 77.5 Å². The first-order valence-corrected chi connectivity index (χ1v) is 50.4. The van der Waals surface area contributed by atoms with Crippen LogP contribution in [0.5, 0.6) is 0 Å². The Morgan fingerprint density at radius 3 is 0.770 bits per heavy atom. The molecule has 13 aliphatic rings. The van der Waals surface area contributed by atoms with Gasteiger partial charge >= 0.3 is 29.8 Å². The minimum atomic E-state index is -1.31. The highest BCUT2D eigenvalue weighted by Gasteiger charge is 2.52. The second-order valence-corrected chi connectivity index (χ2v) is 44.1. The zero-order valence-electron chi connectivity index (χ0n) is 87.7. The molecule has 0 amide bonds. The molecule has 4 saturated carbocycles. The molecule has 13 fully saturated rings. The minimum absolute atomic E-state index is 0.0267. The van der Waals surface area contributed by atoms with Crippen LogP contribution >= 0.6 is 11.6 Å². The molecule has 17 nitrogen and oxygen atoms in total. The van der Waals surface area contributed by atoms with Crippen LogP contribution in [0.15, 0.2) is 0 Å². The topological polar surface area (TPSA) is 211 Å². The Morgan fingerprint density at radius 2 is 0.556 bits per heavy atom. The van der Waals surface area contributed by atoms with Gasteiger partial charge in [-0.3, -0.25) is 24.0 Å². The number of nitrogens with zero attached hydrogens (tertiary/aromatic N) is 1. The molecule has 26 unspecified atom stereocenters. The number of hydrogen-bond donors (Lipinski definition) is 0. The maximum Gasteiger partial charge on any atom is 0.312 e. The molecule has 0 bridgehead atoms. The van der Waals surface area contributed by atoms with Gasteiger partial charge in [0.25, 0.3) is 0 Å². The summed E-state index contributed by atoms with van der Waals surface area (Å²) < 4.78 is 93.1. The van der Waals surface area contributed by atoms with Gasteiger partial charge in [-0.15, -0.1) is 11.6 Å². The van der Waals surface area contributed by atoms with E-state index in [2.05, 4.69) is 159 Å². The Hall–Kier alpha value is -3.32. The van der Waals surface area contributed by atoms with E-state index in [0.717, 1.165) is 156 Å². The van der Waals surface area contributed by atoms with E-state index in [1.807, 2.05) is 89.2 Å². The molecule has 21 heteroatoms. The van der Waals surface area contributed by atoms with Crippen molar-refractivity contribution in [3.63, 3.8) is 0 Å². The number of nitriles is 1. The predicted molar refractivity (Wildman–Crippen MR) is 509 cm³/mol. The second-order valence-electron chi connectivity index (χ2n) is 43.3. The molecule has 4 spiro atoms. The SMILES string of the molecule is CC(C)C.CC(C)C#N.CC(C)Cl.CC(C)F.CC(F)C(C)F.CC1CCC2(CC1)CC(C)OC2=O.CC1CCC2(CC1)CC(C)OC2=O.CC1CCC2(CCC(C)OC2=O)C1.CC1CCC2(CCC(C)OC2=O)C1.CC1COC(C)C(C)C1C.CC1COC(C)C(C)C1C.CC1OC(=O)C(C)C(C)C1C.CC1OC(C)C(C)C(C)O1.CC1OC(C)C(C)C(C)O1. The maximum atomic E-state index is 11.8. The van der Waals surface area contributed by atoms with E-state index in [1.165, 1.54) is 66.2 Å². The first-order chi connectivity index (χ1) is 58.1. The monoisotopic (exact) mass is 1820 g/mol. The summed E-state index contributed by atoms with van der Waals surface area (Å²) in [6, 6.07) is 2.03. The number of rotatable bonds is 1. The number of carbonyl (C=O) groups is 5. The third-order valence-electron chi connectivity index (χ3n) is 29.2. The number of esters is 5. The van der Waals surface area contributed by atoms with Crippen LogP contribution < -0.4 is 0 Å². The fourth-order valence-corrected chi connectivity index (χ4v) is 18.1. The first kappa shape index (κ1) is 123. The summed E-state index contributed by atoms with van der Waals surface area (Å²) in [5.74, 6) is 10.9. The molecule has 9 aliphatic heterocycles. The first-order valence-electron chi connectivity index (χ1n) is 50.0. The minimum Gasteiger partial charge on any atom is -0.462 e. The number of halogens is 4. The third kappa shape index (κ3) is 44.7. The van der Waals surface area contributed by atoms with Gasteiger partial charge in [-0.1, -0.05) is 125 Å². The van der Waals surface area contributed by atoms with Crippen molar-refractivity contribution in [1.82, 2.24) is 0 Å². The van der Waals surface area contributed by atoms with E-state index < -0.39 is 18.5 Å². The van der Waals surface area contributed by atoms with E-state index in [9.17, 15) is 37.1 Å². The summed E-state index contributed by atoms with van der Waals surface area (Å²) in [7, 11) is 0. The van der Waals surface area contributed by atoms with Crippen LogP contribution in [-0.4, -0.2) is 147 Å². The average Bonchev–Trinajstić information content (AvgIpc) is 1.64. The van der Waals surface area contributed by atoms with Crippen LogP contribution in [-0.2, 0) is 76.1 Å².